The summed E-state index contributed by atoms with van der Waals surface area (Å²) in [7, 11) is 0. The van der Waals surface area contributed by atoms with E-state index in [1.807, 2.05) is 0 Å². The van der Waals surface area contributed by atoms with Gasteiger partial charge in [0.25, 0.3) is 5.91 Å². The third-order valence-electron chi connectivity index (χ3n) is 4.11. The number of nitrogens with zero attached hydrogens (tertiary/aromatic N) is 1. The van der Waals surface area contributed by atoms with Crippen molar-refractivity contribution in [3.63, 3.8) is 0 Å². The fourth-order valence-corrected chi connectivity index (χ4v) is 4.57. The first-order valence-corrected chi connectivity index (χ1v) is 9.77. The molecule has 4 N–H and O–H groups in total. The molecule has 1 aromatic carbocycles. The second-order valence-electron chi connectivity index (χ2n) is 5.87. The van der Waals surface area contributed by atoms with Gasteiger partial charge in [0.1, 0.15) is 5.00 Å². The number of hydrogen-bond donors (Lipinski definition) is 3. The number of carbonyl (C=O) groups excluding carboxylic acids is 2. The van der Waals surface area contributed by atoms with Crippen molar-refractivity contribution >= 4 is 57.2 Å². The van der Waals surface area contributed by atoms with Crippen LogP contribution in [0.2, 0.25) is 5.02 Å². The average Bonchev–Trinajstić information content (AvgIpc) is 2.94. The summed E-state index contributed by atoms with van der Waals surface area (Å²) in [5.41, 5.74) is 7.50. The Morgan fingerprint density at radius 3 is 2.62 bits per heavy atom. The zero-order valence-electron chi connectivity index (χ0n) is 13.9. The lowest BCUT2D eigenvalue weighted by Crippen LogP contribution is -2.32. The van der Waals surface area contributed by atoms with E-state index in [1.54, 1.807) is 24.3 Å². The number of hydrogen-bond acceptors (Lipinski definition) is 4. The minimum Gasteiger partial charge on any atom is -0.365 e. The standard InChI is InChI=1S/C17H18Cl2N4O2S/c18-6-8-23-7-5-12-13(9-23)26-16(14(12)15(20)24)22-17(25)21-11-3-1-10(19)2-4-11/h1-4H,5-9H2,(H2,20,24)(H2,21,22,25). The molecule has 1 aliphatic rings. The van der Waals surface area contributed by atoms with E-state index in [4.69, 9.17) is 28.9 Å². The second-order valence-corrected chi connectivity index (χ2v) is 7.79. The topological polar surface area (TPSA) is 87.5 Å². The van der Waals surface area contributed by atoms with Gasteiger partial charge in [-0.2, -0.15) is 0 Å². The quantitative estimate of drug-likeness (QED) is 0.653. The van der Waals surface area contributed by atoms with E-state index < -0.39 is 11.9 Å². The Balaban J connectivity index is 1.78. The van der Waals surface area contributed by atoms with E-state index in [1.165, 1.54) is 11.3 Å². The molecule has 26 heavy (non-hydrogen) atoms. The van der Waals surface area contributed by atoms with Gasteiger partial charge in [-0.25, -0.2) is 4.79 Å². The number of carbonyl (C=O) groups is 2. The molecular weight excluding hydrogens is 395 g/mol. The molecule has 0 bridgehead atoms. The Morgan fingerprint density at radius 2 is 1.96 bits per heavy atom. The van der Waals surface area contributed by atoms with E-state index in [0.717, 1.165) is 23.5 Å². The summed E-state index contributed by atoms with van der Waals surface area (Å²) >= 11 is 13.0. The minimum atomic E-state index is -0.532. The summed E-state index contributed by atoms with van der Waals surface area (Å²) in [5.74, 6) is 0.0212. The molecule has 6 nitrogen and oxygen atoms in total. The van der Waals surface area contributed by atoms with E-state index in [-0.39, 0.29) is 0 Å². The lowest BCUT2D eigenvalue weighted by Gasteiger charge is -2.25. The van der Waals surface area contributed by atoms with E-state index >= 15 is 0 Å². The lowest BCUT2D eigenvalue weighted by atomic mass is 10.0. The van der Waals surface area contributed by atoms with Crippen molar-refractivity contribution in [1.29, 1.82) is 0 Å². The first kappa shape index (κ1) is 19.0. The Hall–Kier alpha value is -1.80. The van der Waals surface area contributed by atoms with Gasteiger partial charge in [-0.15, -0.1) is 22.9 Å². The van der Waals surface area contributed by atoms with Crippen LogP contribution < -0.4 is 16.4 Å². The number of thiophene rings is 1. The van der Waals surface area contributed by atoms with E-state index in [2.05, 4.69) is 15.5 Å². The first-order chi connectivity index (χ1) is 12.5. The summed E-state index contributed by atoms with van der Waals surface area (Å²) in [5, 5.41) is 6.52. The van der Waals surface area contributed by atoms with Crippen molar-refractivity contribution in [3.8, 4) is 0 Å². The van der Waals surface area contributed by atoms with Crippen LogP contribution >= 0.6 is 34.5 Å². The molecule has 0 saturated carbocycles. The molecule has 138 valence electrons. The fourth-order valence-electron chi connectivity index (χ4n) is 2.91. The Bertz CT molecular complexity index is 823. The average molecular weight is 413 g/mol. The molecular formula is C17H18Cl2N4O2S. The zero-order valence-corrected chi connectivity index (χ0v) is 16.2. The number of benzene rings is 1. The highest BCUT2D eigenvalue weighted by molar-refractivity contribution is 7.17. The van der Waals surface area contributed by atoms with Crippen LogP contribution in [0.1, 0.15) is 20.8 Å². The number of rotatable bonds is 5. The number of fused-ring (bicyclic) bond motifs is 1. The summed E-state index contributed by atoms with van der Waals surface area (Å²) in [6.07, 6.45) is 0.710. The van der Waals surface area contributed by atoms with Crippen molar-refractivity contribution in [2.45, 2.75) is 13.0 Å². The van der Waals surface area contributed by atoms with Crippen LogP contribution in [0.3, 0.4) is 0 Å². The SMILES string of the molecule is NC(=O)c1c(NC(=O)Nc2ccc(Cl)cc2)sc2c1CCN(CCCl)C2. The maximum absolute atomic E-state index is 12.3. The van der Waals surface area contributed by atoms with Gasteiger partial charge in [0.15, 0.2) is 0 Å². The number of halogens is 2. The van der Waals surface area contributed by atoms with Crippen LogP contribution in [-0.2, 0) is 13.0 Å². The maximum Gasteiger partial charge on any atom is 0.324 e. The summed E-state index contributed by atoms with van der Waals surface area (Å²) in [4.78, 5) is 27.5. The van der Waals surface area contributed by atoms with Gasteiger partial charge < -0.3 is 11.1 Å². The highest BCUT2D eigenvalue weighted by atomic mass is 35.5. The molecule has 1 aromatic heterocycles. The van der Waals surface area contributed by atoms with Gasteiger partial charge in [-0.3, -0.25) is 15.0 Å². The number of anilines is 2. The lowest BCUT2D eigenvalue weighted by molar-refractivity contribution is 0.1000. The van der Waals surface area contributed by atoms with Crippen LogP contribution in [0.15, 0.2) is 24.3 Å². The number of nitrogens with one attached hydrogen (secondary N) is 2. The summed E-state index contributed by atoms with van der Waals surface area (Å²) in [6, 6.07) is 6.31. The molecule has 0 saturated heterocycles. The normalized spacial score (nSPS) is 13.9. The van der Waals surface area contributed by atoms with Crippen molar-refractivity contribution in [3.05, 3.63) is 45.3 Å². The Morgan fingerprint density at radius 1 is 1.23 bits per heavy atom. The van der Waals surface area contributed by atoms with Gasteiger partial charge in [0.05, 0.1) is 5.56 Å². The van der Waals surface area contributed by atoms with Crippen LogP contribution in [0.5, 0.6) is 0 Å². The van der Waals surface area contributed by atoms with E-state index in [0.29, 0.717) is 40.1 Å². The minimum absolute atomic E-state index is 0.404. The van der Waals surface area contributed by atoms with Gasteiger partial charge in [0.2, 0.25) is 0 Å². The van der Waals surface area contributed by atoms with Gasteiger partial charge in [0, 0.05) is 41.1 Å². The third kappa shape index (κ3) is 4.29. The zero-order chi connectivity index (χ0) is 18.7. The largest absolute Gasteiger partial charge is 0.365 e. The van der Waals surface area contributed by atoms with Crippen LogP contribution in [0, 0.1) is 0 Å². The molecule has 2 aromatic rings. The smallest absolute Gasteiger partial charge is 0.324 e. The van der Waals surface area contributed by atoms with Crippen molar-refractivity contribution < 1.29 is 9.59 Å². The van der Waals surface area contributed by atoms with Crippen LogP contribution in [-0.4, -0.2) is 35.8 Å². The highest BCUT2D eigenvalue weighted by Crippen LogP contribution is 2.37. The molecule has 0 atom stereocenters. The first-order valence-electron chi connectivity index (χ1n) is 8.04. The molecule has 0 unspecified atom stereocenters. The second kappa shape index (κ2) is 8.26. The predicted octanol–water partition coefficient (Wildman–Crippen LogP) is 3.74. The number of alkyl halides is 1. The monoisotopic (exact) mass is 412 g/mol. The Kier molecular flexibility index (Phi) is 6.03. The third-order valence-corrected chi connectivity index (χ3v) is 5.67. The molecule has 1 aliphatic heterocycles. The highest BCUT2D eigenvalue weighted by Gasteiger charge is 2.27. The molecule has 9 heteroatoms. The molecule has 3 rings (SSSR count). The van der Waals surface area contributed by atoms with Crippen molar-refractivity contribution in [2.24, 2.45) is 5.73 Å². The molecule has 0 fully saturated rings. The molecule has 0 aliphatic carbocycles. The number of amides is 3. The van der Waals surface area contributed by atoms with Crippen LogP contribution in [0.25, 0.3) is 0 Å². The predicted molar refractivity (Wildman–Crippen MR) is 107 cm³/mol. The van der Waals surface area contributed by atoms with Gasteiger partial charge in [-0.1, -0.05) is 11.6 Å². The summed E-state index contributed by atoms with van der Waals surface area (Å²) < 4.78 is 0. The number of urea groups is 1. The number of nitrogens with two attached hydrogens (primary N) is 1. The van der Waals surface area contributed by atoms with Crippen LogP contribution in [0.4, 0.5) is 15.5 Å². The van der Waals surface area contributed by atoms with Crippen molar-refractivity contribution in [2.75, 3.05) is 29.6 Å². The molecule has 2 heterocycles. The van der Waals surface area contributed by atoms with E-state index in [9.17, 15) is 9.59 Å². The maximum atomic E-state index is 12.3. The Labute approximate surface area is 165 Å². The summed E-state index contributed by atoms with van der Waals surface area (Å²) in [6.45, 7) is 2.30. The fraction of sp³-hybridized carbons (Fsp3) is 0.294. The molecule has 0 spiro atoms. The molecule has 3 amide bonds. The molecule has 0 radical (unpaired) electrons. The van der Waals surface area contributed by atoms with Gasteiger partial charge in [-0.05, 0) is 36.2 Å². The van der Waals surface area contributed by atoms with Crippen molar-refractivity contribution in [1.82, 2.24) is 4.90 Å². The number of primary amides is 1. The van der Waals surface area contributed by atoms with Gasteiger partial charge >= 0.3 is 6.03 Å².